The summed E-state index contributed by atoms with van der Waals surface area (Å²) in [5, 5.41) is 19.2. The van der Waals surface area contributed by atoms with Crippen molar-refractivity contribution in [2.45, 2.75) is 13.0 Å². The summed E-state index contributed by atoms with van der Waals surface area (Å²) >= 11 is 0. The molecule has 0 bridgehead atoms. The zero-order valence-electron chi connectivity index (χ0n) is 17.0. The van der Waals surface area contributed by atoms with Crippen LogP contribution in [-0.4, -0.2) is 11.1 Å². The molecule has 1 amide bonds. The minimum absolute atomic E-state index is 0.151. The molecule has 0 atom stereocenters. The number of amides is 1. The number of halogens is 1. The van der Waals surface area contributed by atoms with Crippen molar-refractivity contribution in [3.05, 3.63) is 113 Å². The number of hydrogen-bond donors (Lipinski definition) is 2. The monoisotopic (exact) mass is 426 g/mol. The highest BCUT2D eigenvalue weighted by Crippen LogP contribution is 2.20. The second kappa shape index (κ2) is 9.58. The highest BCUT2D eigenvalue weighted by Gasteiger charge is 2.16. The maximum absolute atomic E-state index is 13.6. The third-order valence-corrected chi connectivity index (χ3v) is 4.89. The van der Waals surface area contributed by atoms with Crippen molar-refractivity contribution in [1.29, 1.82) is 5.26 Å². The molecule has 32 heavy (non-hydrogen) atoms. The third-order valence-electron chi connectivity index (χ3n) is 4.89. The van der Waals surface area contributed by atoms with Crippen molar-refractivity contribution in [2.24, 2.45) is 0 Å². The van der Waals surface area contributed by atoms with Gasteiger partial charge in [0.2, 0.25) is 0 Å². The number of nitriles is 1. The van der Waals surface area contributed by atoms with Crippen LogP contribution in [0.5, 0.6) is 0 Å². The Balaban J connectivity index is 1.52. The minimum Gasteiger partial charge on any atom is -0.382 e. The summed E-state index contributed by atoms with van der Waals surface area (Å²) in [6, 6.07) is 17.1. The Labute approximate surface area is 184 Å². The predicted molar refractivity (Wildman–Crippen MR) is 117 cm³/mol. The molecule has 0 spiro atoms. The van der Waals surface area contributed by atoms with Crippen LogP contribution in [0.4, 0.5) is 4.39 Å². The molecular weight excluding hydrogens is 407 g/mol. The number of hydrogen-bond acceptors (Lipinski definition) is 5. The van der Waals surface area contributed by atoms with Crippen LogP contribution >= 0.6 is 0 Å². The average molecular weight is 426 g/mol. The molecule has 1 aliphatic rings. The van der Waals surface area contributed by atoms with E-state index in [1.54, 1.807) is 12.1 Å². The summed E-state index contributed by atoms with van der Waals surface area (Å²) in [4.78, 5) is 12.8. The lowest BCUT2D eigenvalue weighted by Gasteiger charge is -2.15. The van der Waals surface area contributed by atoms with Gasteiger partial charge in [-0.15, -0.1) is 0 Å². The number of rotatable bonds is 6. The Hall–Kier alpha value is -4.44. The Morgan fingerprint density at radius 2 is 2.00 bits per heavy atom. The molecule has 1 aliphatic carbocycles. The van der Waals surface area contributed by atoms with E-state index in [-0.39, 0.29) is 12.2 Å². The first kappa shape index (κ1) is 20.8. The molecule has 2 N–H and O–H groups in total. The van der Waals surface area contributed by atoms with Gasteiger partial charge in [0.15, 0.2) is 11.5 Å². The van der Waals surface area contributed by atoms with Gasteiger partial charge in [-0.25, -0.2) is 4.39 Å². The molecule has 0 aliphatic heterocycles. The molecule has 0 saturated heterocycles. The Morgan fingerprint density at radius 3 is 2.81 bits per heavy atom. The molecule has 2 aromatic carbocycles. The number of benzene rings is 2. The number of carbonyl (C=O) groups is 1. The van der Waals surface area contributed by atoms with Crippen molar-refractivity contribution in [2.75, 3.05) is 0 Å². The fraction of sp³-hybridized carbons (Fsp3) is 0.0800. The molecule has 3 aromatic rings. The number of nitrogens with one attached hydrogen (secondary N) is 2. The standard InChI is InChI=1S/C25H19FN4O2/c26-20-12-11-18(15-27)19(13-20)16-28-21-9-5-2-6-10-22(21)29-25(31)23-14-24(32-30-23)17-7-3-1-4-8-17/h1-8,10-14,28H,9,16H2,(H,29,31). The Morgan fingerprint density at radius 1 is 1.16 bits per heavy atom. The quantitative estimate of drug-likeness (QED) is 0.601. The molecule has 0 unspecified atom stereocenters. The fourth-order valence-corrected chi connectivity index (χ4v) is 3.24. The first-order valence-electron chi connectivity index (χ1n) is 9.96. The topological polar surface area (TPSA) is 91.0 Å². The van der Waals surface area contributed by atoms with E-state index >= 15 is 0 Å². The van der Waals surface area contributed by atoms with Gasteiger partial charge in [0.25, 0.3) is 5.91 Å². The molecule has 0 saturated carbocycles. The molecule has 4 rings (SSSR count). The smallest absolute Gasteiger partial charge is 0.277 e. The van der Waals surface area contributed by atoms with Crippen molar-refractivity contribution in [3.8, 4) is 17.4 Å². The summed E-state index contributed by atoms with van der Waals surface area (Å²) in [6.45, 7) is 0.235. The highest BCUT2D eigenvalue weighted by atomic mass is 19.1. The maximum atomic E-state index is 13.6. The summed E-state index contributed by atoms with van der Waals surface area (Å²) < 4.78 is 18.9. The molecule has 158 valence electrons. The van der Waals surface area contributed by atoms with E-state index in [2.05, 4.69) is 21.9 Å². The summed E-state index contributed by atoms with van der Waals surface area (Å²) in [5.74, 6) is -0.333. The van der Waals surface area contributed by atoms with Crippen LogP contribution in [0.25, 0.3) is 11.3 Å². The van der Waals surface area contributed by atoms with Crippen LogP contribution in [0.2, 0.25) is 0 Å². The van der Waals surface area contributed by atoms with Gasteiger partial charge in [-0.2, -0.15) is 5.26 Å². The molecule has 6 nitrogen and oxygen atoms in total. The van der Waals surface area contributed by atoms with Gasteiger partial charge in [-0.05, 0) is 29.8 Å². The van der Waals surface area contributed by atoms with Crippen LogP contribution < -0.4 is 10.6 Å². The minimum atomic E-state index is -0.416. The lowest BCUT2D eigenvalue weighted by molar-refractivity contribution is 0.0957. The van der Waals surface area contributed by atoms with Gasteiger partial charge in [0.05, 0.1) is 17.3 Å². The van der Waals surface area contributed by atoms with E-state index in [9.17, 15) is 14.4 Å². The van der Waals surface area contributed by atoms with E-state index in [0.717, 1.165) is 11.3 Å². The first-order chi connectivity index (χ1) is 15.6. The van der Waals surface area contributed by atoms with E-state index in [0.29, 0.717) is 29.0 Å². The first-order valence-corrected chi connectivity index (χ1v) is 9.96. The third kappa shape index (κ3) is 4.82. The van der Waals surface area contributed by atoms with E-state index in [1.165, 1.54) is 18.2 Å². The van der Waals surface area contributed by atoms with Crippen molar-refractivity contribution in [3.63, 3.8) is 0 Å². The Kier molecular flexibility index (Phi) is 6.23. The molecular formula is C25H19FN4O2. The van der Waals surface area contributed by atoms with Gasteiger partial charge >= 0.3 is 0 Å². The summed E-state index contributed by atoms with van der Waals surface area (Å²) in [5.41, 5.74) is 3.18. The second-order valence-electron chi connectivity index (χ2n) is 7.05. The zero-order chi connectivity index (χ0) is 22.3. The van der Waals surface area contributed by atoms with Crippen LogP contribution in [-0.2, 0) is 6.54 Å². The van der Waals surface area contributed by atoms with Crippen LogP contribution in [0, 0.1) is 17.1 Å². The number of nitrogens with zero attached hydrogens (tertiary/aromatic N) is 2. The van der Waals surface area contributed by atoms with Gasteiger partial charge in [-0.1, -0.05) is 53.7 Å². The summed E-state index contributed by atoms with van der Waals surface area (Å²) in [7, 11) is 0. The largest absolute Gasteiger partial charge is 0.382 e. The zero-order valence-corrected chi connectivity index (χ0v) is 17.0. The molecule has 1 aromatic heterocycles. The van der Waals surface area contributed by atoms with Crippen LogP contribution in [0.15, 0.2) is 94.8 Å². The molecule has 0 radical (unpaired) electrons. The van der Waals surface area contributed by atoms with Gasteiger partial charge < -0.3 is 15.2 Å². The lowest BCUT2D eigenvalue weighted by Crippen LogP contribution is -2.27. The van der Waals surface area contributed by atoms with E-state index in [1.807, 2.05) is 48.6 Å². The normalized spacial score (nSPS) is 12.9. The number of allylic oxidation sites excluding steroid dienone is 4. The van der Waals surface area contributed by atoms with E-state index in [4.69, 9.17) is 4.52 Å². The number of carbonyl (C=O) groups excluding carboxylic acids is 1. The van der Waals surface area contributed by atoms with Gasteiger partial charge in [0, 0.05) is 30.3 Å². The van der Waals surface area contributed by atoms with Gasteiger partial charge in [-0.3, -0.25) is 4.79 Å². The Bertz CT molecular complexity index is 1270. The second-order valence-corrected chi connectivity index (χ2v) is 7.05. The van der Waals surface area contributed by atoms with Crippen LogP contribution in [0.1, 0.15) is 28.0 Å². The highest BCUT2D eigenvalue weighted by molar-refractivity contribution is 5.94. The molecule has 1 heterocycles. The lowest BCUT2D eigenvalue weighted by atomic mass is 10.1. The van der Waals surface area contributed by atoms with Crippen molar-refractivity contribution in [1.82, 2.24) is 15.8 Å². The number of aromatic nitrogens is 1. The van der Waals surface area contributed by atoms with Gasteiger partial charge in [0.1, 0.15) is 5.82 Å². The predicted octanol–water partition coefficient (Wildman–Crippen LogP) is 4.60. The maximum Gasteiger partial charge on any atom is 0.277 e. The SMILES string of the molecule is N#Cc1ccc(F)cc1CNC1=C(NC(=O)c2cc(-c3ccccc3)on2)C=CC=CC1. The van der Waals surface area contributed by atoms with Crippen molar-refractivity contribution < 1.29 is 13.7 Å². The van der Waals surface area contributed by atoms with Crippen molar-refractivity contribution >= 4 is 5.91 Å². The fourth-order valence-electron chi connectivity index (χ4n) is 3.24. The molecule has 0 fully saturated rings. The molecule has 7 heteroatoms. The van der Waals surface area contributed by atoms with Crippen LogP contribution in [0.3, 0.4) is 0 Å². The average Bonchev–Trinajstić information content (AvgIpc) is 3.21. The van der Waals surface area contributed by atoms with E-state index < -0.39 is 11.7 Å². The summed E-state index contributed by atoms with van der Waals surface area (Å²) in [6.07, 6.45) is 7.89.